The quantitative estimate of drug-likeness (QED) is 0.782. The van der Waals surface area contributed by atoms with Crippen molar-refractivity contribution in [3.63, 3.8) is 0 Å². The van der Waals surface area contributed by atoms with Gasteiger partial charge in [-0.15, -0.1) is 10.2 Å². The van der Waals surface area contributed by atoms with Crippen LogP contribution in [0.2, 0.25) is 0 Å². The monoisotopic (exact) mass is 339 g/mol. The number of piperazine rings is 1. The number of anilines is 4. The van der Waals surface area contributed by atoms with Crippen molar-refractivity contribution in [2.24, 2.45) is 0 Å². The van der Waals surface area contributed by atoms with Crippen molar-refractivity contribution in [1.29, 1.82) is 0 Å². The number of pyridine rings is 2. The van der Waals surface area contributed by atoms with Gasteiger partial charge in [0.15, 0.2) is 0 Å². The molecule has 1 aliphatic heterocycles. The molecule has 0 amide bonds. The standard InChI is InChI=1S/C16H17N7S/c1-3-7-17-13(5-1)19-15-20-21-16(24-15)23-11-9-22(10-12-23)14-6-2-4-8-18-14/h1-8H,9-12H2,(H,17,19,20). The highest BCUT2D eigenvalue weighted by Crippen LogP contribution is 2.27. The van der Waals surface area contributed by atoms with E-state index in [1.54, 1.807) is 17.5 Å². The minimum absolute atomic E-state index is 0.760. The summed E-state index contributed by atoms with van der Waals surface area (Å²) in [6, 6.07) is 11.8. The Labute approximate surface area is 144 Å². The van der Waals surface area contributed by atoms with Gasteiger partial charge in [0, 0.05) is 38.6 Å². The average molecular weight is 339 g/mol. The van der Waals surface area contributed by atoms with Gasteiger partial charge in [-0.3, -0.25) is 0 Å². The SMILES string of the molecule is c1ccc(Nc2nnc(N3CCN(c4ccccn4)CC3)s2)nc1. The second kappa shape index (κ2) is 6.79. The largest absolute Gasteiger partial charge is 0.353 e. The number of hydrogen-bond donors (Lipinski definition) is 1. The zero-order chi connectivity index (χ0) is 16.2. The summed E-state index contributed by atoms with van der Waals surface area (Å²) in [5.41, 5.74) is 0. The first-order valence-corrected chi connectivity index (χ1v) is 8.63. The first-order chi connectivity index (χ1) is 11.9. The Bertz CT molecular complexity index is 769. The van der Waals surface area contributed by atoms with E-state index in [1.807, 2.05) is 36.5 Å². The molecule has 4 heterocycles. The molecule has 0 aliphatic carbocycles. The molecule has 0 unspecified atom stereocenters. The second-order valence-electron chi connectivity index (χ2n) is 5.39. The third kappa shape index (κ3) is 3.28. The fourth-order valence-electron chi connectivity index (χ4n) is 2.61. The Kier molecular flexibility index (Phi) is 4.20. The summed E-state index contributed by atoms with van der Waals surface area (Å²) in [5.74, 6) is 1.81. The molecule has 8 heteroatoms. The van der Waals surface area contributed by atoms with Gasteiger partial charge in [-0.25, -0.2) is 9.97 Å². The molecule has 0 bridgehead atoms. The van der Waals surface area contributed by atoms with Crippen LogP contribution >= 0.6 is 11.3 Å². The molecule has 1 fully saturated rings. The van der Waals surface area contributed by atoms with Crippen LogP contribution < -0.4 is 15.1 Å². The van der Waals surface area contributed by atoms with Gasteiger partial charge in [-0.2, -0.15) is 0 Å². The summed E-state index contributed by atoms with van der Waals surface area (Å²) in [6.45, 7) is 3.68. The van der Waals surface area contributed by atoms with E-state index >= 15 is 0 Å². The van der Waals surface area contributed by atoms with Crippen LogP contribution in [0.4, 0.5) is 21.9 Å². The third-order valence-electron chi connectivity index (χ3n) is 3.84. The van der Waals surface area contributed by atoms with Crippen molar-refractivity contribution < 1.29 is 0 Å². The van der Waals surface area contributed by atoms with Crippen LogP contribution in [0, 0.1) is 0 Å². The van der Waals surface area contributed by atoms with Gasteiger partial charge in [-0.1, -0.05) is 23.5 Å². The molecule has 3 aromatic heterocycles. The van der Waals surface area contributed by atoms with Crippen molar-refractivity contribution in [3.05, 3.63) is 48.8 Å². The van der Waals surface area contributed by atoms with E-state index in [2.05, 4.69) is 41.3 Å². The second-order valence-corrected chi connectivity index (χ2v) is 6.35. The van der Waals surface area contributed by atoms with Gasteiger partial charge in [0.25, 0.3) is 0 Å². The Morgan fingerprint density at radius 3 is 2.29 bits per heavy atom. The molecule has 4 rings (SSSR count). The molecule has 0 spiro atoms. The first kappa shape index (κ1) is 14.8. The molecule has 1 saturated heterocycles. The highest BCUT2D eigenvalue weighted by atomic mass is 32.1. The molecule has 0 saturated carbocycles. The Morgan fingerprint density at radius 1 is 0.833 bits per heavy atom. The van der Waals surface area contributed by atoms with E-state index < -0.39 is 0 Å². The maximum absolute atomic E-state index is 4.42. The lowest BCUT2D eigenvalue weighted by Gasteiger charge is -2.34. The number of rotatable bonds is 4. The molecule has 0 aromatic carbocycles. The zero-order valence-electron chi connectivity index (χ0n) is 13.0. The maximum Gasteiger partial charge on any atom is 0.212 e. The van der Waals surface area contributed by atoms with E-state index in [4.69, 9.17) is 0 Å². The number of nitrogens with zero attached hydrogens (tertiary/aromatic N) is 6. The Morgan fingerprint density at radius 2 is 1.58 bits per heavy atom. The topological polar surface area (TPSA) is 70.1 Å². The summed E-state index contributed by atoms with van der Waals surface area (Å²) >= 11 is 1.55. The van der Waals surface area contributed by atoms with Crippen LogP contribution in [-0.4, -0.2) is 46.3 Å². The number of aromatic nitrogens is 4. The van der Waals surface area contributed by atoms with Gasteiger partial charge in [0.05, 0.1) is 0 Å². The fraction of sp³-hybridized carbons (Fsp3) is 0.250. The molecule has 122 valence electrons. The predicted molar refractivity (Wildman–Crippen MR) is 96.1 cm³/mol. The van der Waals surface area contributed by atoms with Gasteiger partial charge < -0.3 is 15.1 Å². The van der Waals surface area contributed by atoms with Crippen LogP contribution in [0.25, 0.3) is 0 Å². The summed E-state index contributed by atoms with van der Waals surface area (Å²) in [4.78, 5) is 13.2. The van der Waals surface area contributed by atoms with Crippen LogP contribution in [0.15, 0.2) is 48.8 Å². The summed E-state index contributed by atoms with van der Waals surface area (Å²) in [7, 11) is 0. The smallest absolute Gasteiger partial charge is 0.212 e. The Balaban J connectivity index is 1.38. The van der Waals surface area contributed by atoms with E-state index in [0.29, 0.717) is 0 Å². The van der Waals surface area contributed by atoms with Crippen molar-refractivity contribution in [2.45, 2.75) is 0 Å². The van der Waals surface area contributed by atoms with Crippen molar-refractivity contribution in [2.75, 3.05) is 41.3 Å². The Hall–Kier alpha value is -2.74. The molecule has 0 radical (unpaired) electrons. The molecule has 0 atom stereocenters. The molecular weight excluding hydrogens is 322 g/mol. The number of hydrogen-bond acceptors (Lipinski definition) is 8. The summed E-state index contributed by atoms with van der Waals surface area (Å²) in [6.07, 6.45) is 3.59. The maximum atomic E-state index is 4.42. The van der Waals surface area contributed by atoms with Gasteiger partial charge in [0.1, 0.15) is 11.6 Å². The molecule has 1 N–H and O–H groups in total. The summed E-state index contributed by atoms with van der Waals surface area (Å²) in [5, 5.41) is 13.4. The van der Waals surface area contributed by atoms with E-state index in [9.17, 15) is 0 Å². The summed E-state index contributed by atoms with van der Waals surface area (Å²) < 4.78 is 0. The molecule has 7 nitrogen and oxygen atoms in total. The highest BCUT2D eigenvalue weighted by molar-refractivity contribution is 7.19. The minimum atomic E-state index is 0.760. The van der Waals surface area contributed by atoms with E-state index in [0.717, 1.165) is 48.1 Å². The lowest BCUT2D eigenvalue weighted by atomic mass is 10.3. The predicted octanol–water partition coefficient (Wildman–Crippen LogP) is 2.40. The van der Waals surface area contributed by atoms with Crippen molar-refractivity contribution in [3.8, 4) is 0 Å². The fourth-order valence-corrected chi connectivity index (χ4v) is 3.41. The molecular formula is C16H17N7S. The van der Waals surface area contributed by atoms with Gasteiger partial charge in [0.2, 0.25) is 10.3 Å². The third-order valence-corrected chi connectivity index (χ3v) is 4.74. The van der Waals surface area contributed by atoms with E-state index in [-0.39, 0.29) is 0 Å². The molecule has 1 aliphatic rings. The minimum Gasteiger partial charge on any atom is -0.353 e. The highest BCUT2D eigenvalue weighted by Gasteiger charge is 2.20. The van der Waals surface area contributed by atoms with Crippen LogP contribution in [0.3, 0.4) is 0 Å². The number of nitrogens with one attached hydrogen (secondary N) is 1. The van der Waals surface area contributed by atoms with Gasteiger partial charge >= 0.3 is 0 Å². The van der Waals surface area contributed by atoms with Gasteiger partial charge in [-0.05, 0) is 24.3 Å². The normalized spacial score (nSPS) is 14.7. The zero-order valence-corrected chi connectivity index (χ0v) is 13.9. The lowest BCUT2D eigenvalue weighted by Crippen LogP contribution is -2.46. The van der Waals surface area contributed by atoms with E-state index in [1.165, 1.54) is 0 Å². The molecule has 24 heavy (non-hydrogen) atoms. The first-order valence-electron chi connectivity index (χ1n) is 7.81. The van der Waals surface area contributed by atoms with Crippen molar-refractivity contribution in [1.82, 2.24) is 20.2 Å². The molecule has 3 aromatic rings. The average Bonchev–Trinajstić information content (AvgIpc) is 3.12. The lowest BCUT2D eigenvalue weighted by molar-refractivity contribution is 0.644. The van der Waals surface area contributed by atoms with Crippen LogP contribution in [0.5, 0.6) is 0 Å². The van der Waals surface area contributed by atoms with Crippen LogP contribution in [-0.2, 0) is 0 Å². The van der Waals surface area contributed by atoms with Crippen LogP contribution in [0.1, 0.15) is 0 Å². The van der Waals surface area contributed by atoms with Crippen molar-refractivity contribution >= 4 is 33.2 Å².